The molecular formula is C12H20N4O2. The van der Waals surface area contributed by atoms with Gasteiger partial charge in [0.1, 0.15) is 5.76 Å². The van der Waals surface area contributed by atoms with Gasteiger partial charge in [0.05, 0.1) is 6.54 Å². The molecule has 100 valence electrons. The van der Waals surface area contributed by atoms with E-state index >= 15 is 0 Å². The Bertz CT molecular complexity index is 401. The molecule has 1 aliphatic rings. The summed E-state index contributed by atoms with van der Waals surface area (Å²) in [6, 6.07) is 2.20. The number of nitrogens with zero attached hydrogens (tertiary/aromatic N) is 2. The maximum Gasteiger partial charge on any atom is 0.239 e. The highest BCUT2D eigenvalue weighted by Crippen LogP contribution is 2.09. The molecule has 2 rings (SSSR count). The second-order valence-electron chi connectivity index (χ2n) is 4.65. The fourth-order valence-electron chi connectivity index (χ4n) is 2.00. The maximum atomic E-state index is 11.9. The van der Waals surface area contributed by atoms with Crippen LogP contribution in [0.4, 0.5) is 5.82 Å². The summed E-state index contributed by atoms with van der Waals surface area (Å²) in [5.41, 5.74) is 0. The van der Waals surface area contributed by atoms with E-state index in [0.717, 1.165) is 26.1 Å². The van der Waals surface area contributed by atoms with Crippen molar-refractivity contribution in [3.8, 4) is 0 Å². The lowest BCUT2D eigenvalue weighted by molar-refractivity contribution is -0.118. The van der Waals surface area contributed by atoms with E-state index in [0.29, 0.717) is 24.2 Å². The summed E-state index contributed by atoms with van der Waals surface area (Å²) in [6.45, 7) is 7.21. The number of carbonyl (C=O) groups excluding carboxylic acids is 1. The number of aromatic nitrogens is 1. The van der Waals surface area contributed by atoms with Crippen molar-refractivity contribution in [2.24, 2.45) is 0 Å². The van der Waals surface area contributed by atoms with Crippen LogP contribution in [-0.2, 0) is 4.79 Å². The lowest BCUT2D eigenvalue weighted by atomic mass is 10.1. The molecule has 0 radical (unpaired) electrons. The third kappa shape index (κ3) is 3.30. The predicted molar refractivity (Wildman–Crippen MR) is 68.4 cm³/mol. The Hall–Kier alpha value is -1.40. The summed E-state index contributed by atoms with van der Waals surface area (Å²) in [4.78, 5) is 14.1. The van der Waals surface area contributed by atoms with Crippen molar-refractivity contribution in [1.82, 2.24) is 15.4 Å². The van der Waals surface area contributed by atoms with Crippen LogP contribution in [0, 0.1) is 6.92 Å². The molecular weight excluding hydrogens is 232 g/mol. The summed E-state index contributed by atoms with van der Waals surface area (Å²) in [5, 5.41) is 9.72. The van der Waals surface area contributed by atoms with Crippen LogP contribution < -0.4 is 10.6 Å². The Kier molecular flexibility index (Phi) is 4.33. The third-order valence-electron chi connectivity index (χ3n) is 3.03. The van der Waals surface area contributed by atoms with Gasteiger partial charge in [-0.25, -0.2) is 0 Å². The number of anilines is 1. The van der Waals surface area contributed by atoms with Crippen LogP contribution in [-0.4, -0.2) is 48.2 Å². The van der Waals surface area contributed by atoms with Gasteiger partial charge in [-0.3, -0.25) is 9.69 Å². The van der Waals surface area contributed by atoms with Gasteiger partial charge in [-0.05, 0) is 19.9 Å². The van der Waals surface area contributed by atoms with Gasteiger partial charge in [-0.15, -0.1) is 0 Å². The quantitative estimate of drug-likeness (QED) is 0.776. The maximum absolute atomic E-state index is 11.9. The van der Waals surface area contributed by atoms with Gasteiger partial charge < -0.3 is 15.2 Å². The minimum Gasteiger partial charge on any atom is -0.360 e. The van der Waals surface area contributed by atoms with E-state index in [2.05, 4.69) is 27.6 Å². The Balaban J connectivity index is 1.84. The smallest absolute Gasteiger partial charge is 0.239 e. The molecule has 0 saturated carbocycles. The standard InChI is InChI=1S/C12H20N4O2/c1-3-4-16(10-6-13-7-10)8-12(17)14-11-5-9(2)18-15-11/h5,10,13H,3-4,6-8H2,1-2H3,(H,14,15,17). The number of amides is 1. The molecule has 1 fully saturated rings. The van der Waals surface area contributed by atoms with E-state index in [1.807, 2.05) is 0 Å². The molecule has 1 aromatic rings. The highest BCUT2D eigenvalue weighted by Gasteiger charge is 2.25. The molecule has 0 unspecified atom stereocenters. The summed E-state index contributed by atoms with van der Waals surface area (Å²) in [6.07, 6.45) is 1.05. The second kappa shape index (κ2) is 5.97. The first-order valence-corrected chi connectivity index (χ1v) is 6.37. The monoisotopic (exact) mass is 252 g/mol. The molecule has 0 spiro atoms. The van der Waals surface area contributed by atoms with Crippen molar-refractivity contribution in [2.45, 2.75) is 26.3 Å². The van der Waals surface area contributed by atoms with Crippen LogP contribution in [0.3, 0.4) is 0 Å². The van der Waals surface area contributed by atoms with Gasteiger partial charge in [-0.2, -0.15) is 0 Å². The molecule has 1 aromatic heterocycles. The number of hydrogen-bond acceptors (Lipinski definition) is 5. The van der Waals surface area contributed by atoms with E-state index in [-0.39, 0.29) is 5.91 Å². The van der Waals surface area contributed by atoms with Crippen molar-refractivity contribution in [2.75, 3.05) is 31.5 Å². The van der Waals surface area contributed by atoms with Crippen LogP contribution in [0.2, 0.25) is 0 Å². The van der Waals surface area contributed by atoms with Crippen LogP contribution in [0.5, 0.6) is 0 Å². The number of carbonyl (C=O) groups is 1. The molecule has 6 heteroatoms. The molecule has 1 aliphatic heterocycles. The van der Waals surface area contributed by atoms with Crippen molar-refractivity contribution >= 4 is 11.7 Å². The minimum absolute atomic E-state index is 0.0383. The second-order valence-corrected chi connectivity index (χ2v) is 4.65. The minimum atomic E-state index is -0.0383. The molecule has 2 N–H and O–H groups in total. The highest BCUT2D eigenvalue weighted by molar-refractivity contribution is 5.91. The van der Waals surface area contributed by atoms with E-state index < -0.39 is 0 Å². The number of aryl methyl sites for hydroxylation is 1. The molecule has 0 aromatic carbocycles. The summed E-state index contributed by atoms with van der Waals surface area (Å²) in [7, 11) is 0. The molecule has 1 saturated heterocycles. The first-order valence-electron chi connectivity index (χ1n) is 6.37. The SMILES string of the molecule is CCCN(CC(=O)Nc1cc(C)on1)C1CNC1. The molecule has 0 bridgehead atoms. The number of rotatable bonds is 6. The van der Waals surface area contributed by atoms with Gasteiger partial charge in [0.25, 0.3) is 0 Å². The zero-order valence-electron chi connectivity index (χ0n) is 10.9. The van der Waals surface area contributed by atoms with Crippen LogP contribution >= 0.6 is 0 Å². The lowest BCUT2D eigenvalue weighted by Gasteiger charge is -2.37. The fraction of sp³-hybridized carbons (Fsp3) is 0.667. The van der Waals surface area contributed by atoms with Crippen LogP contribution in [0.25, 0.3) is 0 Å². The van der Waals surface area contributed by atoms with Crippen molar-refractivity contribution in [3.05, 3.63) is 11.8 Å². The molecule has 2 heterocycles. The Morgan fingerprint density at radius 3 is 2.94 bits per heavy atom. The van der Waals surface area contributed by atoms with Crippen molar-refractivity contribution in [3.63, 3.8) is 0 Å². The molecule has 1 amide bonds. The zero-order chi connectivity index (χ0) is 13.0. The Labute approximate surface area is 107 Å². The van der Waals surface area contributed by atoms with Crippen molar-refractivity contribution < 1.29 is 9.32 Å². The first kappa shape index (κ1) is 13.0. The van der Waals surface area contributed by atoms with Gasteiger partial charge in [0.15, 0.2) is 5.82 Å². The van der Waals surface area contributed by atoms with Gasteiger partial charge in [0, 0.05) is 25.2 Å². The average Bonchev–Trinajstić information content (AvgIpc) is 2.61. The van der Waals surface area contributed by atoms with E-state index in [1.54, 1.807) is 13.0 Å². The predicted octanol–water partition coefficient (Wildman–Crippen LogP) is 0.605. The Morgan fingerprint density at radius 2 is 2.44 bits per heavy atom. The average molecular weight is 252 g/mol. The van der Waals surface area contributed by atoms with Gasteiger partial charge >= 0.3 is 0 Å². The molecule has 0 aliphatic carbocycles. The topological polar surface area (TPSA) is 70.4 Å². The third-order valence-corrected chi connectivity index (χ3v) is 3.03. The van der Waals surface area contributed by atoms with Crippen LogP contribution in [0.1, 0.15) is 19.1 Å². The summed E-state index contributed by atoms with van der Waals surface area (Å²) in [5.74, 6) is 1.14. The highest BCUT2D eigenvalue weighted by atomic mass is 16.5. The summed E-state index contributed by atoms with van der Waals surface area (Å²) >= 11 is 0. The fourth-order valence-corrected chi connectivity index (χ4v) is 2.00. The molecule has 18 heavy (non-hydrogen) atoms. The van der Waals surface area contributed by atoms with Gasteiger partial charge in [-0.1, -0.05) is 12.1 Å². The van der Waals surface area contributed by atoms with E-state index in [9.17, 15) is 4.79 Å². The molecule has 0 atom stereocenters. The van der Waals surface area contributed by atoms with Gasteiger partial charge in [0.2, 0.25) is 5.91 Å². The van der Waals surface area contributed by atoms with E-state index in [4.69, 9.17) is 4.52 Å². The first-order chi connectivity index (χ1) is 8.69. The summed E-state index contributed by atoms with van der Waals surface area (Å²) < 4.78 is 4.91. The number of nitrogens with one attached hydrogen (secondary N) is 2. The normalized spacial score (nSPS) is 15.7. The zero-order valence-corrected chi connectivity index (χ0v) is 10.9. The largest absolute Gasteiger partial charge is 0.360 e. The molecule has 6 nitrogen and oxygen atoms in total. The Morgan fingerprint density at radius 1 is 1.67 bits per heavy atom. The number of hydrogen-bond donors (Lipinski definition) is 2. The van der Waals surface area contributed by atoms with E-state index in [1.165, 1.54) is 0 Å². The van der Waals surface area contributed by atoms with Crippen molar-refractivity contribution in [1.29, 1.82) is 0 Å². The lowest BCUT2D eigenvalue weighted by Crippen LogP contribution is -2.58. The van der Waals surface area contributed by atoms with Crippen LogP contribution in [0.15, 0.2) is 10.6 Å².